The van der Waals surface area contributed by atoms with E-state index in [1.807, 2.05) is 97.1 Å². The van der Waals surface area contributed by atoms with Crippen LogP contribution in [0.1, 0.15) is 0 Å². The molecule has 0 N–H and O–H groups in total. The molecule has 6 nitrogen and oxygen atoms in total. The maximum atomic E-state index is 5.15. The molecule has 0 bridgehead atoms. The predicted octanol–water partition coefficient (Wildman–Crippen LogP) is 14.7. The van der Waals surface area contributed by atoms with Crippen molar-refractivity contribution in [3.8, 4) is 113 Å². The van der Waals surface area contributed by atoms with E-state index < -0.39 is 0 Å². The molecule has 0 amide bonds. The lowest BCUT2D eigenvalue weighted by atomic mass is 9.97. The van der Waals surface area contributed by atoms with Crippen LogP contribution in [0.3, 0.4) is 0 Å². The van der Waals surface area contributed by atoms with E-state index in [1.54, 1.807) is 0 Å². The van der Waals surface area contributed by atoms with Gasteiger partial charge in [0.1, 0.15) is 0 Å². The Hall–Kier alpha value is -9.00. The van der Waals surface area contributed by atoms with E-state index in [9.17, 15) is 0 Å². The molecule has 6 heteroatoms. The Bertz CT molecular complexity index is 3410. The summed E-state index contributed by atoms with van der Waals surface area (Å²) in [5, 5.41) is 0. The van der Waals surface area contributed by atoms with Crippen LogP contribution < -0.4 is 0 Å². The van der Waals surface area contributed by atoms with Gasteiger partial charge < -0.3 is 0 Å². The minimum atomic E-state index is 0.600. The molecule has 2 heterocycles. The highest BCUT2D eigenvalue weighted by atomic mass is 15.0. The number of hydrogen-bond acceptors (Lipinski definition) is 6. The molecule has 11 aromatic rings. The topological polar surface area (TPSA) is 77.3 Å². The summed E-state index contributed by atoms with van der Waals surface area (Å²) >= 11 is 0. The molecule has 0 saturated heterocycles. The molecule has 0 radical (unpaired) electrons. The van der Waals surface area contributed by atoms with Gasteiger partial charge in [-0.2, -0.15) is 0 Å². The van der Waals surface area contributed by atoms with Crippen LogP contribution >= 0.6 is 0 Å². The van der Waals surface area contributed by atoms with E-state index in [1.165, 1.54) is 11.1 Å². The van der Waals surface area contributed by atoms with Gasteiger partial charge in [0, 0.05) is 33.4 Å². The highest BCUT2D eigenvalue weighted by Gasteiger charge is 2.16. The summed E-state index contributed by atoms with van der Waals surface area (Å²) in [6, 6.07) is 83.2. The second kappa shape index (κ2) is 18.0. The zero-order valence-corrected chi connectivity index (χ0v) is 35.8. The first-order chi connectivity index (χ1) is 32.7. The standard InChI is InChI=1S/C60H40N6/c1-5-18-41(19-6-1)45-26-13-27-46(36-45)49-30-15-34-53(38-49)59-64-57(44-24-11-4-12-25-44)65-60(66-59)54-35-17-32-51(40-54)48-29-14-28-47(37-48)50-31-16-33-52(39-50)58-62-55(42-20-7-2-8-21-42)61-56(63-58)43-22-9-3-10-23-43/h1-40H. The third kappa shape index (κ3) is 8.54. The van der Waals surface area contributed by atoms with Crippen molar-refractivity contribution < 1.29 is 0 Å². The van der Waals surface area contributed by atoms with Crippen molar-refractivity contribution in [1.29, 1.82) is 0 Å². The van der Waals surface area contributed by atoms with E-state index in [0.717, 1.165) is 66.8 Å². The summed E-state index contributed by atoms with van der Waals surface area (Å²) in [5.74, 6) is 3.70. The van der Waals surface area contributed by atoms with Crippen LogP contribution in [0.2, 0.25) is 0 Å². The third-order valence-corrected chi connectivity index (χ3v) is 11.6. The third-order valence-electron chi connectivity index (χ3n) is 11.6. The van der Waals surface area contributed by atoms with Crippen LogP contribution in [-0.4, -0.2) is 29.9 Å². The van der Waals surface area contributed by atoms with Crippen LogP contribution in [0, 0.1) is 0 Å². The Morgan fingerprint density at radius 3 is 0.561 bits per heavy atom. The van der Waals surface area contributed by atoms with Crippen molar-refractivity contribution in [2.75, 3.05) is 0 Å². The van der Waals surface area contributed by atoms with Crippen LogP contribution in [0.4, 0.5) is 0 Å². The van der Waals surface area contributed by atoms with Gasteiger partial charge in [-0.1, -0.05) is 212 Å². The van der Waals surface area contributed by atoms with Crippen molar-refractivity contribution in [3.63, 3.8) is 0 Å². The number of aromatic nitrogens is 6. The van der Waals surface area contributed by atoms with Crippen LogP contribution in [0.25, 0.3) is 113 Å². The SMILES string of the molecule is c1ccc(-c2cccc(-c3cccc(-c4nc(-c5ccccc5)nc(-c5cccc(-c6cccc(-c7cccc(-c8nc(-c9ccccc9)nc(-c9ccccc9)n8)c7)c6)c5)n4)c3)c2)cc1. The van der Waals surface area contributed by atoms with E-state index in [0.29, 0.717) is 34.9 Å². The molecule has 0 saturated carbocycles. The molecule has 66 heavy (non-hydrogen) atoms. The molecule has 11 rings (SSSR count). The molecule has 0 spiro atoms. The van der Waals surface area contributed by atoms with Gasteiger partial charge in [0.25, 0.3) is 0 Å². The van der Waals surface area contributed by atoms with Gasteiger partial charge in [0.15, 0.2) is 34.9 Å². The summed E-state index contributed by atoms with van der Waals surface area (Å²) in [5.41, 5.74) is 14.3. The van der Waals surface area contributed by atoms with Crippen molar-refractivity contribution in [2.45, 2.75) is 0 Å². The van der Waals surface area contributed by atoms with Crippen molar-refractivity contribution in [2.24, 2.45) is 0 Å². The fraction of sp³-hybridized carbons (Fsp3) is 0. The summed E-state index contributed by atoms with van der Waals surface area (Å²) in [4.78, 5) is 30.1. The molecule has 2 aromatic heterocycles. The van der Waals surface area contributed by atoms with Gasteiger partial charge in [0.2, 0.25) is 0 Å². The van der Waals surface area contributed by atoms with Crippen molar-refractivity contribution in [1.82, 2.24) is 29.9 Å². The molecule has 0 aliphatic carbocycles. The van der Waals surface area contributed by atoms with Gasteiger partial charge in [-0.25, -0.2) is 29.9 Å². The smallest absolute Gasteiger partial charge is 0.164 e. The van der Waals surface area contributed by atoms with E-state index in [2.05, 4.69) is 146 Å². The van der Waals surface area contributed by atoms with Gasteiger partial charge in [-0.05, 0) is 74.8 Å². The van der Waals surface area contributed by atoms with Gasteiger partial charge in [-0.3, -0.25) is 0 Å². The Morgan fingerprint density at radius 1 is 0.136 bits per heavy atom. The fourth-order valence-electron chi connectivity index (χ4n) is 8.19. The molecular weight excluding hydrogens is 805 g/mol. The highest BCUT2D eigenvalue weighted by Crippen LogP contribution is 2.34. The van der Waals surface area contributed by atoms with E-state index in [4.69, 9.17) is 29.9 Å². The zero-order chi connectivity index (χ0) is 44.1. The molecular formula is C60H40N6. The monoisotopic (exact) mass is 844 g/mol. The Labute approximate surface area is 383 Å². The lowest BCUT2D eigenvalue weighted by molar-refractivity contribution is 1.07. The average Bonchev–Trinajstić information content (AvgIpc) is 3.42. The zero-order valence-electron chi connectivity index (χ0n) is 35.8. The summed E-state index contributed by atoms with van der Waals surface area (Å²) in [7, 11) is 0. The van der Waals surface area contributed by atoms with Gasteiger partial charge in [-0.15, -0.1) is 0 Å². The molecule has 0 aliphatic heterocycles. The van der Waals surface area contributed by atoms with Gasteiger partial charge in [0.05, 0.1) is 0 Å². The first-order valence-electron chi connectivity index (χ1n) is 21.9. The highest BCUT2D eigenvalue weighted by molar-refractivity contribution is 5.80. The maximum absolute atomic E-state index is 5.15. The summed E-state index contributed by atoms with van der Waals surface area (Å²) in [6.07, 6.45) is 0. The Kier molecular flexibility index (Phi) is 10.9. The number of benzene rings is 9. The van der Waals surface area contributed by atoms with Crippen LogP contribution in [0.5, 0.6) is 0 Å². The number of hydrogen-bond donors (Lipinski definition) is 0. The first kappa shape index (κ1) is 39.8. The Morgan fingerprint density at radius 2 is 0.303 bits per heavy atom. The molecule has 0 aliphatic rings. The predicted molar refractivity (Wildman–Crippen MR) is 268 cm³/mol. The van der Waals surface area contributed by atoms with Crippen LogP contribution in [-0.2, 0) is 0 Å². The largest absolute Gasteiger partial charge is 0.208 e. The lowest BCUT2D eigenvalue weighted by Crippen LogP contribution is -2.00. The Balaban J connectivity index is 0.937. The second-order valence-corrected chi connectivity index (χ2v) is 16.0. The fourth-order valence-corrected chi connectivity index (χ4v) is 8.19. The summed E-state index contributed by atoms with van der Waals surface area (Å²) < 4.78 is 0. The molecule has 0 fully saturated rings. The van der Waals surface area contributed by atoms with E-state index in [-0.39, 0.29) is 0 Å². The number of rotatable bonds is 10. The van der Waals surface area contributed by atoms with Crippen molar-refractivity contribution >= 4 is 0 Å². The summed E-state index contributed by atoms with van der Waals surface area (Å²) in [6.45, 7) is 0. The average molecular weight is 845 g/mol. The minimum absolute atomic E-state index is 0.600. The maximum Gasteiger partial charge on any atom is 0.164 e. The molecule has 0 atom stereocenters. The van der Waals surface area contributed by atoms with E-state index >= 15 is 0 Å². The lowest BCUT2D eigenvalue weighted by Gasteiger charge is -2.12. The van der Waals surface area contributed by atoms with Crippen LogP contribution in [0.15, 0.2) is 243 Å². The molecule has 310 valence electrons. The number of nitrogens with zero attached hydrogens (tertiary/aromatic N) is 6. The van der Waals surface area contributed by atoms with Crippen molar-refractivity contribution in [3.05, 3.63) is 243 Å². The minimum Gasteiger partial charge on any atom is -0.208 e. The van der Waals surface area contributed by atoms with Gasteiger partial charge >= 0.3 is 0 Å². The molecule has 0 unspecified atom stereocenters. The quantitative estimate of drug-likeness (QED) is 0.136. The second-order valence-electron chi connectivity index (χ2n) is 16.0. The normalized spacial score (nSPS) is 11.0. The first-order valence-corrected chi connectivity index (χ1v) is 21.9. The molecule has 9 aromatic carbocycles.